The van der Waals surface area contributed by atoms with Gasteiger partial charge >= 0.3 is 12.1 Å². The van der Waals surface area contributed by atoms with Gasteiger partial charge in [0.2, 0.25) is 0 Å². The summed E-state index contributed by atoms with van der Waals surface area (Å²) in [6.45, 7) is 0.0209. The van der Waals surface area contributed by atoms with E-state index in [1.54, 1.807) is 6.33 Å². The Bertz CT molecular complexity index is 2170. The molecule has 0 bridgehead atoms. The third kappa shape index (κ3) is 6.32. The maximum Gasteiger partial charge on any atom is 0.407 e. The minimum absolute atomic E-state index is 0.0209. The van der Waals surface area contributed by atoms with Crippen LogP contribution in [-0.4, -0.2) is 51.1 Å². The molecule has 1 atom stereocenters. The molecular weight excluding hydrogens is 681 g/mol. The van der Waals surface area contributed by atoms with Crippen LogP contribution in [0.15, 0.2) is 152 Å². The molecule has 1 N–H and O–H groups in total. The highest BCUT2D eigenvalue weighted by molar-refractivity contribution is 6.02. The zero-order valence-corrected chi connectivity index (χ0v) is 29.2. The lowest BCUT2D eigenvalue weighted by atomic mass is 9.77. The number of fused-ring (bicyclic) bond motifs is 3. The molecular formula is C44H36N4O6. The average Bonchev–Trinajstić information content (AvgIpc) is 3.91. The van der Waals surface area contributed by atoms with Gasteiger partial charge in [-0.15, -0.1) is 5.06 Å². The fourth-order valence-electron chi connectivity index (χ4n) is 7.63. The Morgan fingerprint density at radius 3 is 1.70 bits per heavy atom. The van der Waals surface area contributed by atoms with Crippen molar-refractivity contribution in [2.24, 2.45) is 0 Å². The summed E-state index contributed by atoms with van der Waals surface area (Å²) in [5.74, 6) is -2.46. The van der Waals surface area contributed by atoms with Crippen molar-refractivity contribution in [3.05, 3.63) is 186 Å². The highest BCUT2D eigenvalue weighted by Crippen LogP contribution is 2.45. The van der Waals surface area contributed by atoms with Gasteiger partial charge in [0.25, 0.3) is 11.8 Å². The molecule has 1 fully saturated rings. The van der Waals surface area contributed by atoms with Crippen LogP contribution in [0.25, 0.3) is 11.1 Å². The van der Waals surface area contributed by atoms with Crippen LogP contribution in [0.3, 0.4) is 0 Å². The number of hydrogen-bond donors (Lipinski definition) is 1. The van der Waals surface area contributed by atoms with Crippen molar-refractivity contribution in [3.63, 3.8) is 0 Å². The van der Waals surface area contributed by atoms with Crippen molar-refractivity contribution >= 4 is 23.9 Å². The maximum absolute atomic E-state index is 13.7. The number of alkyl carbamates (subject to hydrolysis) is 1. The quantitative estimate of drug-likeness (QED) is 0.116. The van der Waals surface area contributed by atoms with E-state index < -0.39 is 35.5 Å². The van der Waals surface area contributed by atoms with Gasteiger partial charge in [-0.25, -0.2) is 14.6 Å². The molecule has 0 unspecified atom stereocenters. The standard InChI is InChI=1S/C44H36N4O6/c49-40-24-25-41(50)48(40)54-42(51)39(46-43(52)53-28-38-36-22-12-10-20-34(36)35-21-11-13-23-37(35)38)26-33-27-47(29-45-33)44(30-14-4-1-5-15-30,31-16-6-2-7-17-31)32-18-8-3-9-19-32/h1-23,27,29,38-39H,24-26,28H2,(H,46,52)/t39-/m0/s1. The predicted octanol–water partition coefficient (Wildman–Crippen LogP) is 6.78. The summed E-state index contributed by atoms with van der Waals surface area (Å²) in [5.41, 5.74) is 6.76. The van der Waals surface area contributed by atoms with Gasteiger partial charge in [0.1, 0.15) is 18.2 Å². The fraction of sp³-hybridized carbons (Fsp3) is 0.159. The van der Waals surface area contributed by atoms with Crippen molar-refractivity contribution in [2.75, 3.05) is 6.61 Å². The second-order valence-corrected chi connectivity index (χ2v) is 13.3. The number of rotatable bonds is 11. The molecule has 2 heterocycles. The van der Waals surface area contributed by atoms with Crippen LogP contribution in [0.2, 0.25) is 0 Å². The number of ether oxygens (including phenoxy) is 1. The molecule has 1 aliphatic heterocycles. The van der Waals surface area contributed by atoms with Gasteiger partial charge in [-0.2, -0.15) is 0 Å². The molecule has 0 saturated carbocycles. The molecule has 8 rings (SSSR count). The monoisotopic (exact) mass is 716 g/mol. The molecule has 10 nitrogen and oxygen atoms in total. The van der Waals surface area contributed by atoms with Crippen molar-refractivity contribution in [1.82, 2.24) is 19.9 Å². The zero-order chi connectivity index (χ0) is 37.1. The van der Waals surface area contributed by atoms with E-state index in [0.29, 0.717) is 10.8 Å². The van der Waals surface area contributed by atoms with E-state index >= 15 is 0 Å². The van der Waals surface area contributed by atoms with Gasteiger partial charge in [-0.3, -0.25) is 9.59 Å². The molecule has 3 amide bonds. The number of hydrogen-bond acceptors (Lipinski definition) is 7. The Morgan fingerprint density at radius 2 is 1.19 bits per heavy atom. The van der Waals surface area contributed by atoms with Crippen LogP contribution in [0, 0.1) is 0 Å². The first-order chi connectivity index (χ1) is 26.4. The molecule has 54 heavy (non-hydrogen) atoms. The lowest BCUT2D eigenvalue weighted by Gasteiger charge is -2.37. The van der Waals surface area contributed by atoms with Crippen molar-refractivity contribution in [2.45, 2.75) is 36.8 Å². The highest BCUT2D eigenvalue weighted by Gasteiger charge is 2.40. The summed E-state index contributed by atoms with van der Waals surface area (Å²) >= 11 is 0. The van der Waals surface area contributed by atoms with E-state index in [1.807, 2.05) is 114 Å². The fourth-order valence-corrected chi connectivity index (χ4v) is 7.63. The minimum Gasteiger partial charge on any atom is -0.449 e. The van der Waals surface area contributed by atoms with Gasteiger partial charge in [0.15, 0.2) is 0 Å². The normalized spacial score (nSPS) is 14.3. The number of aromatic nitrogens is 2. The summed E-state index contributed by atoms with van der Waals surface area (Å²) in [4.78, 5) is 62.0. The number of benzene rings is 5. The lowest BCUT2D eigenvalue weighted by Crippen LogP contribution is -2.47. The molecule has 0 radical (unpaired) electrons. The minimum atomic E-state index is -1.36. The molecule has 6 aromatic rings. The van der Waals surface area contributed by atoms with E-state index in [0.717, 1.165) is 38.9 Å². The number of imidazole rings is 1. The lowest BCUT2D eigenvalue weighted by molar-refractivity contribution is -0.198. The molecule has 1 aromatic heterocycles. The molecule has 1 aliphatic carbocycles. The molecule has 2 aliphatic rings. The summed E-state index contributed by atoms with van der Waals surface area (Å²) in [6.07, 6.45) is 2.42. The molecule has 268 valence electrons. The average molecular weight is 717 g/mol. The van der Waals surface area contributed by atoms with E-state index in [-0.39, 0.29) is 31.8 Å². The summed E-state index contributed by atoms with van der Waals surface area (Å²) < 4.78 is 7.76. The topological polar surface area (TPSA) is 120 Å². The Balaban J connectivity index is 1.10. The molecule has 5 aromatic carbocycles. The van der Waals surface area contributed by atoms with E-state index in [9.17, 15) is 19.2 Å². The van der Waals surface area contributed by atoms with Crippen molar-refractivity contribution < 1.29 is 28.8 Å². The van der Waals surface area contributed by atoms with E-state index in [4.69, 9.17) is 14.6 Å². The molecule has 10 heteroatoms. The first-order valence-electron chi connectivity index (χ1n) is 17.8. The van der Waals surface area contributed by atoms with Gasteiger partial charge in [-0.05, 0) is 38.9 Å². The third-order valence-electron chi connectivity index (χ3n) is 10.1. The SMILES string of the molecule is O=C(N[C@@H](Cc1cn(C(c2ccccc2)(c2ccccc2)c2ccccc2)cn1)C(=O)ON1C(=O)CCC1=O)OCC1c2ccccc2-c2ccccc21. The predicted molar refractivity (Wildman–Crippen MR) is 200 cm³/mol. The van der Waals surface area contributed by atoms with E-state index in [2.05, 4.69) is 41.7 Å². The number of hydroxylamine groups is 2. The van der Waals surface area contributed by atoms with Gasteiger partial charge in [-0.1, -0.05) is 140 Å². The van der Waals surface area contributed by atoms with Crippen LogP contribution in [-0.2, 0) is 35.9 Å². The number of imide groups is 1. The number of amides is 3. The van der Waals surface area contributed by atoms with Crippen LogP contribution in [0.1, 0.15) is 52.3 Å². The Hall–Kier alpha value is -6.81. The number of nitrogens with one attached hydrogen (secondary N) is 1. The van der Waals surface area contributed by atoms with Crippen molar-refractivity contribution in [1.29, 1.82) is 0 Å². The van der Waals surface area contributed by atoms with Gasteiger partial charge in [0.05, 0.1) is 12.0 Å². The first kappa shape index (κ1) is 34.3. The maximum atomic E-state index is 13.7. The summed E-state index contributed by atoms with van der Waals surface area (Å²) in [5, 5.41) is 3.12. The Morgan fingerprint density at radius 1 is 0.704 bits per heavy atom. The van der Waals surface area contributed by atoms with Gasteiger partial charge in [0, 0.05) is 31.4 Å². The second-order valence-electron chi connectivity index (χ2n) is 13.3. The highest BCUT2D eigenvalue weighted by atomic mass is 16.7. The molecule has 1 saturated heterocycles. The first-order valence-corrected chi connectivity index (χ1v) is 17.8. The summed E-state index contributed by atoms with van der Waals surface area (Å²) in [6, 6.07) is 44.8. The van der Waals surface area contributed by atoms with Crippen LogP contribution in [0.5, 0.6) is 0 Å². The Kier molecular flexibility index (Phi) is 9.31. The van der Waals surface area contributed by atoms with Crippen LogP contribution in [0.4, 0.5) is 4.79 Å². The zero-order valence-electron chi connectivity index (χ0n) is 29.2. The number of carbonyl (C=O) groups is 4. The number of carbonyl (C=O) groups excluding carboxylic acids is 4. The third-order valence-corrected chi connectivity index (χ3v) is 10.1. The molecule has 0 spiro atoms. The Labute approximate surface area is 311 Å². The summed E-state index contributed by atoms with van der Waals surface area (Å²) in [7, 11) is 0. The van der Waals surface area contributed by atoms with Crippen LogP contribution >= 0.6 is 0 Å². The second kappa shape index (κ2) is 14.7. The van der Waals surface area contributed by atoms with Crippen molar-refractivity contribution in [3.8, 4) is 11.1 Å². The van der Waals surface area contributed by atoms with Gasteiger partial charge < -0.3 is 19.5 Å². The number of nitrogens with zero attached hydrogens (tertiary/aromatic N) is 3. The largest absolute Gasteiger partial charge is 0.449 e. The van der Waals surface area contributed by atoms with Crippen LogP contribution < -0.4 is 5.32 Å². The smallest absolute Gasteiger partial charge is 0.407 e. The van der Waals surface area contributed by atoms with E-state index in [1.165, 1.54) is 0 Å².